The van der Waals surface area contributed by atoms with Crippen LogP contribution in [0.2, 0.25) is 0 Å². The lowest BCUT2D eigenvalue weighted by molar-refractivity contribution is -0.123. The second kappa shape index (κ2) is 9.51. The Morgan fingerprint density at radius 3 is 2.29 bits per heavy atom. The number of ether oxygens (including phenoxy) is 3. The predicted octanol–water partition coefficient (Wildman–Crippen LogP) is 1.96. The number of anilines is 1. The largest absolute Gasteiger partial charge is 0.497 e. The van der Waals surface area contributed by atoms with Crippen molar-refractivity contribution in [3.8, 4) is 17.2 Å². The highest BCUT2D eigenvalue weighted by atomic mass is 32.2. The first kappa shape index (κ1) is 23.8. The topological polar surface area (TPSA) is 114 Å². The van der Waals surface area contributed by atoms with E-state index in [-0.39, 0.29) is 42.9 Å². The minimum absolute atomic E-state index is 0.0578. The maximum Gasteiger partial charge on any atom is 0.265 e. The van der Waals surface area contributed by atoms with Gasteiger partial charge in [-0.05, 0) is 36.8 Å². The van der Waals surface area contributed by atoms with Crippen LogP contribution in [0.5, 0.6) is 17.2 Å². The van der Waals surface area contributed by atoms with E-state index >= 15 is 0 Å². The fourth-order valence-corrected chi connectivity index (χ4v) is 5.40. The van der Waals surface area contributed by atoms with Gasteiger partial charge in [-0.1, -0.05) is 6.92 Å². The van der Waals surface area contributed by atoms with Gasteiger partial charge in [0.15, 0.2) is 6.10 Å². The monoisotopic (exact) mass is 489 g/mol. The van der Waals surface area contributed by atoms with Crippen LogP contribution >= 0.6 is 0 Å². The number of piperazine rings is 1. The van der Waals surface area contributed by atoms with Crippen LogP contribution in [0.25, 0.3) is 0 Å². The molecule has 0 saturated carbocycles. The second-order valence-electron chi connectivity index (χ2n) is 7.96. The highest BCUT2D eigenvalue weighted by molar-refractivity contribution is 7.89. The molecule has 0 radical (unpaired) electrons. The van der Waals surface area contributed by atoms with E-state index < -0.39 is 16.1 Å². The molecule has 0 bridgehead atoms. The number of methoxy groups -OCH3 is 2. The summed E-state index contributed by atoms with van der Waals surface area (Å²) in [7, 11) is -0.805. The Kier molecular flexibility index (Phi) is 6.67. The molecule has 1 fully saturated rings. The molecule has 182 valence electrons. The molecule has 2 aromatic rings. The first-order valence-corrected chi connectivity index (χ1v) is 12.3. The summed E-state index contributed by atoms with van der Waals surface area (Å²) in [6.45, 7) is 2.60. The number of carbonyl (C=O) groups excluding carboxylic acids is 2. The van der Waals surface area contributed by atoms with Crippen molar-refractivity contribution in [1.82, 2.24) is 9.21 Å². The minimum atomic E-state index is -3.82. The van der Waals surface area contributed by atoms with Crippen molar-refractivity contribution in [3.05, 3.63) is 42.0 Å². The third kappa shape index (κ3) is 4.53. The van der Waals surface area contributed by atoms with Crippen LogP contribution in [-0.4, -0.2) is 75.9 Å². The number of fused-ring (bicyclic) bond motifs is 1. The fourth-order valence-electron chi connectivity index (χ4n) is 3.95. The molecule has 1 saturated heterocycles. The maximum absolute atomic E-state index is 13.2. The van der Waals surface area contributed by atoms with Gasteiger partial charge in [-0.2, -0.15) is 4.31 Å². The summed E-state index contributed by atoms with van der Waals surface area (Å²) in [5.74, 6) is 0.907. The van der Waals surface area contributed by atoms with Crippen molar-refractivity contribution in [3.63, 3.8) is 0 Å². The number of carbonyl (C=O) groups is 2. The average molecular weight is 490 g/mol. The molecular weight excluding hydrogens is 462 g/mol. The molecule has 1 unspecified atom stereocenters. The van der Waals surface area contributed by atoms with Gasteiger partial charge < -0.3 is 24.4 Å². The van der Waals surface area contributed by atoms with Crippen LogP contribution in [0.15, 0.2) is 41.3 Å². The Balaban J connectivity index is 1.46. The second-order valence-corrected chi connectivity index (χ2v) is 9.90. The van der Waals surface area contributed by atoms with E-state index in [1.54, 1.807) is 29.2 Å². The highest BCUT2D eigenvalue weighted by Crippen LogP contribution is 2.33. The van der Waals surface area contributed by atoms with Crippen molar-refractivity contribution in [2.45, 2.75) is 24.3 Å². The molecule has 2 aliphatic heterocycles. The molecule has 2 aromatic carbocycles. The summed E-state index contributed by atoms with van der Waals surface area (Å²) in [5.41, 5.74) is 0.736. The van der Waals surface area contributed by atoms with E-state index in [2.05, 4.69) is 5.32 Å². The molecule has 0 spiro atoms. The lowest BCUT2D eigenvalue weighted by atomic mass is 10.1. The van der Waals surface area contributed by atoms with E-state index in [0.29, 0.717) is 34.9 Å². The van der Waals surface area contributed by atoms with Gasteiger partial charge in [-0.25, -0.2) is 8.42 Å². The lowest BCUT2D eigenvalue weighted by Gasteiger charge is -2.34. The molecule has 2 heterocycles. The van der Waals surface area contributed by atoms with Crippen LogP contribution in [-0.2, 0) is 14.8 Å². The number of nitrogens with zero attached hydrogens (tertiary/aromatic N) is 2. The Morgan fingerprint density at radius 1 is 1.06 bits per heavy atom. The van der Waals surface area contributed by atoms with Crippen molar-refractivity contribution in [2.75, 3.05) is 45.7 Å². The fraction of sp³-hybridized carbons (Fsp3) is 0.391. The maximum atomic E-state index is 13.2. The quantitative estimate of drug-likeness (QED) is 0.660. The van der Waals surface area contributed by atoms with Gasteiger partial charge in [-0.3, -0.25) is 9.59 Å². The summed E-state index contributed by atoms with van der Waals surface area (Å²) in [6, 6.07) is 9.37. The summed E-state index contributed by atoms with van der Waals surface area (Å²) < 4.78 is 43.9. The van der Waals surface area contributed by atoms with Gasteiger partial charge in [0.2, 0.25) is 10.0 Å². The van der Waals surface area contributed by atoms with Gasteiger partial charge in [0, 0.05) is 37.8 Å². The predicted molar refractivity (Wildman–Crippen MR) is 124 cm³/mol. The minimum Gasteiger partial charge on any atom is -0.497 e. The number of amides is 2. The van der Waals surface area contributed by atoms with E-state index in [0.717, 1.165) is 0 Å². The number of hydrogen-bond acceptors (Lipinski definition) is 7. The van der Waals surface area contributed by atoms with Gasteiger partial charge in [0.25, 0.3) is 11.8 Å². The standard InChI is InChI=1S/C23H27N3O7S/c1-4-20-22(27)24-19-14-18(5-6-21(19)33-20)34(29,30)26-9-7-25(8-10-26)23(28)15-11-16(31-2)13-17(12-15)32-3/h5-6,11-14,20H,4,7-10H2,1-3H3,(H,24,27). The lowest BCUT2D eigenvalue weighted by Crippen LogP contribution is -2.50. The van der Waals surface area contributed by atoms with Crippen LogP contribution in [0.3, 0.4) is 0 Å². The molecule has 11 heteroatoms. The zero-order valence-electron chi connectivity index (χ0n) is 19.2. The Hall–Kier alpha value is -3.31. The normalized spacial score (nSPS) is 18.5. The van der Waals surface area contributed by atoms with E-state index in [4.69, 9.17) is 14.2 Å². The van der Waals surface area contributed by atoms with E-state index in [1.165, 1.54) is 30.7 Å². The molecule has 2 amide bonds. The van der Waals surface area contributed by atoms with Crippen LogP contribution in [0.1, 0.15) is 23.7 Å². The van der Waals surface area contributed by atoms with Gasteiger partial charge in [0.1, 0.15) is 17.2 Å². The van der Waals surface area contributed by atoms with Crippen LogP contribution in [0, 0.1) is 0 Å². The summed E-state index contributed by atoms with van der Waals surface area (Å²) in [5, 5.41) is 2.71. The smallest absolute Gasteiger partial charge is 0.265 e. The zero-order valence-corrected chi connectivity index (χ0v) is 20.1. The molecule has 1 atom stereocenters. The molecule has 2 aliphatic rings. The molecule has 10 nitrogen and oxygen atoms in total. The molecule has 0 aliphatic carbocycles. The van der Waals surface area contributed by atoms with Crippen molar-refractivity contribution in [2.24, 2.45) is 0 Å². The molecule has 34 heavy (non-hydrogen) atoms. The van der Waals surface area contributed by atoms with E-state index in [1.807, 2.05) is 6.92 Å². The average Bonchev–Trinajstić information content (AvgIpc) is 2.87. The number of nitrogens with one attached hydrogen (secondary N) is 1. The first-order valence-electron chi connectivity index (χ1n) is 10.9. The summed E-state index contributed by atoms with van der Waals surface area (Å²) >= 11 is 0. The van der Waals surface area contributed by atoms with Crippen LogP contribution in [0.4, 0.5) is 5.69 Å². The van der Waals surface area contributed by atoms with Crippen molar-refractivity contribution >= 4 is 27.5 Å². The third-order valence-electron chi connectivity index (χ3n) is 5.90. The number of hydrogen-bond donors (Lipinski definition) is 1. The Morgan fingerprint density at radius 2 is 1.71 bits per heavy atom. The van der Waals surface area contributed by atoms with Crippen molar-refractivity contribution < 1.29 is 32.2 Å². The molecule has 1 N–H and O–H groups in total. The number of rotatable bonds is 6. The zero-order chi connectivity index (χ0) is 24.5. The van der Waals surface area contributed by atoms with Crippen LogP contribution < -0.4 is 19.5 Å². The summed E-state index contributed by atoms with van der Waals surface area (Å²) in [6.07, 6.45) is -0.0817. The van der Waals surface area contributed by atoms with Crippen molar-refractivity contribution in [1.29, 1.82) is 0 Å². The van der Waals surface area contributed by atoms with Gasteiger partial charge in [-0.15, -0.1) is 0 Å². The number of benzene rings is 2. The first-order chi connectivity index (χ1) is 16.3. The van der Waals surface area contributed by atoms with E-state index in [9.17, 15) is 18.0 Å². The van der Waals surface area contributed by atoms with Gasteiger partial charge in [0.05, 0.1) is 24.8 Å². The Bertz CT molecular complexity index is 1180. The third-order valence-corrected chi connectivity index (χ3v) is 7.80. The molecule has 0 aromatic heterocycles. The Labute approximate surface area is 198 Å². The molecular formula is C23H27N3O7S. The number of sulfonamides is 1. The summed E-state index contributed by atoms with van der Waals surface area (Å²) in [4.78, 5) is 26.8. The van der Waals surface area contributed by atoms with Gasteiger partial charge >= 0.3 is 0 Å². The highest BCUT2D eigenvalue weighted by Gasteiger charge is 2.33. The molecule has 4 rings (SSSR count). The SMILES string of the molecule is CCC1Oc2ccc(S(=O)(=O)N3CCN(C(=O)c4cc(OC)cc(OC)c4)CC3)cc2NC1=O.